The number of ether oxygens (including phenoxy) is 2. The molecule has 0 saturated heterocycles. The van der Waals surface area contributed by atoms with Crippen LogP contribution in [0, 0.1) is 0 Å². The molecule has 9 nitrogen and oxygen atoms in total. The zero-order chi connectivity index (χ0) is 29.4. The molecule has 218 valence electrons. The third-order valence-corrected chi connectivity index (χ3v) is 8.15. The van der Waals surface area contributed by atoms with E-state index in [0.717, 1.165) is 17.4 Å². The van der Waals surface area contributed by atoms with Crippen LogP contribution in [0.4, 0.5) is 5.69 Å². The number of nitrogens with zero attached hydrogens (tertiary/aromatic N) is 2. The molecule has 0 unspecified atom stereocenters. The highest BCUT2D eigenvalue weighted by Gasteiger charge is 2.30. The number of carbonyl (C=O) groups is 2. The summed E-state index contributed by atoms with van der Waals surface area (Å²) < 4.78 is 37.8. The van der Waals surface area contributed by atoms with E-state index >= 15 is 0 Å². The molecular formula is C30H34ClN3O6S. The highest BCUT2D eigenvalue weighted by molar-refractivity contribution is 7.92. The Morgan fingerprint density at radius 2 is 1.66 bits per heavy atom. The number of halogens is 1. The van der Waals surface area contributed by atoms with Crippen LogP contribution in [0.15, 0.2) is 72.8 Å². The van der Waals surface area contributed by atoms with E-state index in [0.29, 0.717) is 41.8 Å². The Kier molecular flexibility index (Phi) is 10.1. The molecule has 1 atom stereocenters. The van der Waals surface area contributed by atoms with Gasteiger partial charge in [-0.1, -0.05) is 54.1 Å². The fraction of sp³-hybridized carbons (Fsp3) is 0.333. The predicted molar refractivity (Wildman–Crippen MR) is 159 cm³/mol. The van der Waals surface area contributed by atoms with Crippen LogP contribution in [0.1, 0.15) is 24.0 Å². The van der Waals surface area contributed by atoms with Crippen molar-refractivity contribution in [3.63, 3.8) is 0 Å². The first kappa shape index (κ1) is 30.2. The minimum Gasteiger partial charge on any atom is -0.486 e. The maximum atomic E-state index is 13.8. The van der Waals surface area contributed by atoms with Gasteiger partial charge in [0.15, 0.2) is 11.5 Å². The lowest BCUT2D eigenvalue weighted by atomic mass is 10.0. The second-order valence-corrected chi connectivity index (χ2v) is 12.1. The summed E-state index contributed by atoms with van der Waals surface area (Å²) >= 11 is 6.21. The molecule has 0 bridgehead atoms. The number of sulfonamides is 1. The minimum absolute atomic E-state index is 0.0272. The molecule has 11 heteroatoms. The smallest absolute Gasteiger partial charge is 0.242 e. The Hall–Kier alpha value is -3.76. The van der Waals surface area contributed by atoms with Gasteiger partial charge in [-0.2, -0.15) is 0 Å². The van der Waals surface area contributed by atoms with Crippen molar-refractivity contribution in [2.24, 2.45) is 0 Å². The van der Waals surface area contributed by atoms with Crippen molar-refractivity contribution in [2.45, 2.75) is 31.8 Å². The van der Waals surface area contributed by atoms with Gasteiger partial charge in [-0.25, -0.2) is 8.42 Å². The van der Waals surface area contributed by atoms with Gasteiger partial charge in [-0.05, 0) is 41.8 Å². The van der Waals surface area contributed by atoms with Crippen LogP contribution >= 0.6 is 11.6 Å². The topological polar surface area (TPSA) is 105 Å². The van der Waals surface area contributed by atoms with Crippen LogP contribution in [0.5, 0.6) is 11.5 Å². The van der Waals surface area contributed by atoms with E-state index < -0.39 is 16.1 Å². The molecule has 1 aliphatic heterocycles. The fourth-order valence-electron chi connectivity index (χ4n) is 4.74. The van der Waals surface area contributed by atoms with E-state index in [9.17, 15) is 18.0 Å². The normalized spacial score (nSPS) is 13.2. The van der Waals surface area contributed by atoms with E-state index in [1.165, 1.54) is 4.31 Å². The van der Waals surface area contributed by atoms with Crippen LogP contribution in [0.25, 0.3) is 0 Å². The second-order valence-electron chi connectivity index (χ2n) is 9.74. The SMILES string of the molecule is CNC(=O)[C@@H](Cc1ccccc1)N(Cc1cccc(Cl)c1)C(=O)CCCN(c1ccc2c(c1)OCCO2)S(C)(=O)=O. The molecule has 0 aliphatic carbocycles. The quantitative estimate of drug-likeness (QED) is 0.337. The highest BCUT2D eigenvalue weighted by Crippen LogP contribution is 2.34. The van der Waals surface area contributed by atoms with E-state index in [4.69, 9.17) is 21.1 Å². The standard InChI is InChI=1S/C30H34ClN3O6S/c1-32-30(36)26(19-22-8-4-3-5-9-22)33(21-23-10-6-11-24(31)18-23)29(35)12-7-15-34(41(2,37)38)25-13-14-27-28(20-25)40-17-16-39-27/h3-6,8-11,13-14,18,20,26H,7,12,15-17,19,21H2,1-2H3,(H,32,36)/t26-/m1/s1. The lowest BCUT2D eigenvalue weighted by molar-refractivity contribution is -0.141. The largest absolute Gasteiger partial charge is 0.486 e. The second kappa shape index (κ2) is 13.7. The number of hydrogen-bond donors (Lipinski definition) is 1. The number of benzene rings is 3. The number of likely N-dealkylation sites (N-methyl/N-ethyl adjacent to an activating group) is 1. The van der Waals surface area contributed by atoms with Gasteiger partial charge in [0.2, 0.25) is 21.8 Å². The summed E-state index contributed by atoms with van der Waals surface area (Å²) in [5, 5.41) is 3.22. The molecule has 1 N–H and O–H groups in total. The van der Waals surface area contributed by atoms with Crippen molar-refractivity contribution >= 4 is 39.1 Å². The van der Waals surface area contributed by atoms with Crippen LogP contribution < -0.4 is 19.1 Å². The third-order valence-electron chi connectivity index (χ3n) is 6.73. The minimum atomic E-state index is -3.66. The summed E-state index contributed by atoms with van der Waals surface area (Å²) in [5.74, 6) is 0.461. The number of hydrogen-bond acceptors (Lipinski definition) is 6. The van der Waals surface area contributed by atoms with Gasteiger partial charge in [0.1, 0.15) is 19.3 Å². The number of nitrogens with one attached hydrogen (secondary N) is 1. The summed E-state index contributed by atoms with van der Waals surface area (Å²) in [6.07, 6.45) is 1.70. The van der Waals surface area contributed by atoms with Crippen molar-refractivity contribution in [1.29, 1.82) is 0 Å². The highest BCUT2D eigenvalue weighted by atomic mass is 35.5. The molecule has 0 spiro atoms. The van der Waals surface area contributed by atoms with Gasteiger partial charge in [0.05, 0.1) is 11.9 Å². The van der Waals surface area contributed by atoms with E-state index in [1.807, 2.05) is 36.4 Å². The molecule has 0 radical (unpaired) electrons. The molecule has 0 saturated carbocycles. The number of rotatable bonds is 12. The van der Waals surface area contributed by atoms with Crippen molar-refractivity contribution in [3.8, 4) is 11.5 Å². The van der Waals surface area contributed by atoms with Gasteiger partial charge >= 0.3 is 0 Å². The third kappa shape index (κ3) is 8.14. The Labute approximate surface area is 246 Å². The number of anilines is 1. The molecule has 1 heterocycles. The fourth-order valence-corrected chi connectivity index (χ4v) is 5.91. The van der Waals surface area contributed by atoms with Crippen molar-refractivity contribution < 1.29 is 27.5 Å². The number of carbonyl (C=O) groups excluding carboxylic acids is 2. The van der Waals surface area contributed by atoms with Crippen LogP contribution in [-0.4, -0.2) is 64.2 Å². The van der Waals surface area contributed by atoms with Crippen molar-refractivity contribution in [2.75, 3.05) is 37.4 Å². The molecule has 3 aromatic carbocycles. The summed E-state index contributed by atoms with van der Waals surface area (Å²) in [7, 11) is -2.12. The Morgan fingerprint density at radius 1 is 0.951 bits per heavy atom. The number of amides is 2. The van der Waals surface area contributed by atoms with Crippen molar-refractivity contribution in [3.05, 3.63) is 88.9 Å². The molecule has 0 aromatic heterocycles. The summed E-state index contributed by atoms with van der Waals surface area (Å²) in [6.45, 7) is 1.04. The summed E-state index contributed by atoms with van der Waals surface area (Å²) in [4.78, 5) is 28.4. The van der Waals surface area contributed by atoms with Gasteiger partial charge in [0, 0.05) is 44.1 Å². The Morgan fingerprint density at radius 3 is 2.34 bits per heavy atom. The monoisotopic (exact) mass is 599 g/mol. The lowest BCUT2D eigenvalue weighted by Gasteiger charge is -2.31. The molecule has 0 fully saturated rings. The van der Waals surface area contributed by atoms with Crippen LogP contribution in [0.3, 0.4) is 0 Å². The van der Waals surface area contributed by atoms with E-state index in [1.54, 1.807) is 48.3 Å². The van der Waals surface area contributed by atoms with Gasteiger partial charge < -0.3 is 19.7 Å². The summed E-state index contributed by atoms with van der Waals surface area (Å²) in [5.41, 5.74) is 2.11. The van der Waals surface area contributed by atoms with Crippen molar-refractivity contribution in [1.82, 2.24) is 10.2 Å². The first-order chi connectivity index (χ1) is 19.7. The molecule has 3 aromatic rings. The van der Waals surface area contributed by atoms with E-state index in [2.05, 4.69) is 5.32 Å². The first-order valence-corrected chi connectivity index (χ1v) is 15.5. The molecular weight excluding hydrogens is 566 g/mol. The summed E-state index contributed by atoms with van der Waals surface area (Å²) in [6, 6.07) is 20.8. The molecule has 1 aliphatic rings. The zero-order valence-corrected chi connectivity index (χ0v) is 24.7. The van der Waals surface area contributed by atoms with E-state index in [-0.39, 0.29) is 37.7 Å². The lowest BCUT2D eigenvalue weighted by Crippen LogP contribution is -2.49. The average molecular weight is 600 g/mol. The van der Waals surface area contributed by atoms with Gasteiger partial charge in [-0.15, -0.1) is 0 Å². The maximum absolute atomic E-state index is 13.8. The maximum Gasteiger partial charge on any atom is 0.242 e. The zero-order valence-electron chi connectivity index (χ0n) is 23.1. The Bertz CT molecular complexity index is 1470. The predicted octanol–water partition coefficient (Wildman–Crippen LogP) is 4.04. The Balaban J connectivity index is 1.55. The molecule has 2 amide bonds. The van der Waals surface area contributed by atoms with Gasteiger partial charge in [-0.3, -0.25) is 13.9 Å². The molecule has 41 heavy (non-hydrogen) atoms. The van der Waals surface area contributed by atoms with Crippen LogP contribution in [0.2, 0.25) is 5.02 Å². The molecule has 4 rings (SSSR count). The van der Waals surface area contributed by atoms with Crippen LogP contribution in [-0.2, 0) is 32.6 Å². The first-order valence-electron chi connectivity index (χ1n) is 13.3. The van der Waals surface area contributed by atoms with Gasteiger partial charge in [0.25, 0.3) is 0 Å². The number of fused-ring (bicyclic) bond motifs is 1. The average Bonchev–Trinajstić information content (AvgIpc) is 2.96.